The first-order chi connectivity index (χ1) is 5.91. The number of rotatable bonds is 6. The Balaban J connectivity index is 3.71. The van der Waals surface area contributed by atoms with E-state index in [9.17, 15) is 0 Å². The van der Waals surface area contributed by atoms with Crippen LogP contribution in [-0.4, -0.2) is 10.6 Å². The maximum atomic E-state index is 7.75. The van der Waals surface area contributed by atoms with Crippen LogP contribution in [0, 0.1) is 17.2 Å². The molecule has 0 saturated heterocycles. The summed E-state index contributed by atoms with van der Waals surface area (Å²) in [6, 6.07) is 0. The molecule has 0 bridgehead atoms. The molecule has 0 amide bonds. The van der Waals surface area contributed by atoms with Crippen molar-refractivity contribution in [2.24, 2.45) is 11.8 Å². The highest BCUT2D eigenvalue weighted by atomic mass is 32.1. The third-order valence-electron chi connectivity index (χ3n) is 1.89. The molecule has 0 aliphatic carbocycles. The van der Waals surface area contributed by atoms with Crippen molar-refractivity contribution >= 4 is 22.8 Å². The summed E-state index contributed by atoms with van der Waals surface area (Å²) in [7, 11) is 0. The molecule has 2 heteroatoms. The lowest BCUT2D eigenvalue weighted by atomic mass is 9.95. The highest BCUT2D eigenvalue weighted by Gasteiger charge is 2.08. The van der Waals surface area contributed by atoms with Crippen molar-refractivity contribution in [3.8, 4) is 0 Å². The topological polar surface area (TPSA) is 23.9 Å². The molecule has 0 aliphatic heterocycles. The summed E-state index contributed by atoms with van der Waals surface area (Å²) in [4.78, 5) is 1.06. The molecule has 0 spiro atoms. The van der Waals surface area contributed by atoms with Crippen LogP contribution in [0.1, 0.15) is 47.0 Å². The summed E-state index contributed by atoms with van der Waals surface area (Å²) in [5.41, 5.74) is 0.874. The predicted octanol–water partition coefficient (Wildman–Crippen LogP) is 3.86. The maximum absolute atomic E-state index is 7.75. The van der Waals surface area contributed by atoms with Crippen molar-refractivity contribution < 1.29 is 0 Å². The summed E-state index contributed by atoms with van der Waals surface area (Å²) in [6.07, 6.45) is 2.82. The van der Waals surface area contributed by atoms with Crippen molar-refractivity contribution in [1.29, 1.82) is 5.41 Å². The highest BCUT2D eigenvalue weighted by molar-refractivity contribution is 7.80. The average molecular weight is 199 g/mol. The van der Waals surface area contributed by atoms with Crippen LogP contribution in [0.3, 0.4) is 0 Å². The van der Waals surface area contributed by atoms with E-state index >= 15 is 0 Å². The smallest absolute Gasteiger partial charge is 0.00944 e. The van der Waals surface area contributed by atoms with Gasteiger partial charge in [-0.1, -0.05) is 33.0 Å². The van der Waals surface area contributed by atoms with Crippen LogP contribution in [0.25, 0.3) is 0 Å². The standard InChI is InChI=1S/C11H21NS/c1-8(2)5-11(12)7-9(3)6-10(4)13/h8-9,12H,5-7H2,1-4H3. The van der Waals surface area contributed by atoms with Gasteiger partial charge in [0.1, 0.15) is 0 Å². The van der Waals surface area contributed by atoms with Crippen molar-refractivity contribution in [2.45, 2.75) is 47.0 Å². The molecule has 0 aliphatic rings. The molecule has 76 valence electrons. The van der Waals surface area contributed by atoms with Gasteiger partial charge in [-0.25, -0.2) is 0 Å². The summed E-state index contributed by atoms with van der Waals surface area (Å²) in [5, 5.41) is 7.75. The van der Waals surface area contributed by atoms with Crippen LogP contribution in [0.15, 0.2) is 0 Å². The van der Waals surface area contributed by atoms with Crippen molar-refractivity contribution in [3.63, 3.8) is 0 Å². The first-order valence-corrected chi connectivity index (χ1v) is 5.38. The summed E-state index contributed by atoms with van der Waals surface area (Å²) in [5.74, 6) is 1.15. The summed E-state index contributed by atoms with van der Waals surface area (Å²) in [6.45, 7) is 8.47. The summed E-state index contributed by atoms with van der Waals surface area (Å²) < 4.78 is 0. The second kappa shape index (κ2) is 6.25. The van der Waals surface area contributed by atoms with E-state index in [4.69, 9.17) is 17.6 Å². The second-order valence-electron chi connectivity index (χ2n) is 4.42. The van der Waals surface area contributed by atoms with Crippen LogP contribution in [0.5, 0.6) is 0 Å². The molecule has 0 rings (SSSR count). The minimum atomic E-state index is 0.545. The minimum absolute atomic E-state index is 0.545. The van der Waals surface area contributed by atoms with E-state index in [0.29, 0.717) is 11.8 Å². The van der Waals surface area contributed by atoms with E-state index in [0.717, 1.165) is 29.8 Å². The molecule has 0 fully saturated rings. The van der Waals surface area contributed by atoms with Gasteiger partial charge >= 0.3 is 0 Å². The van der Waals surface area contributed by atoms with Gasteiger partial charge in [0.2, 0.25) is 0 Å². The molecule has 1 N–H and O–H groups in total. The molecule has 1 unspecified atom stereocenters. The minimum Gasteiger partial charge on any atom is -0.310 e. The molecule has 0 aromatic rings. The third kappa shape index (κ3) is 8.10. The van der Waals surface area contributed by atoms with Gasteiger partial charge in [0.15, 0.2) is 0 Å². The van der Waals surface area contributed by atoms with E-state index in [1.165, 1.54) is 0 Å². The largest absolute Gasteiger partial charge is 0.310 e. The number of nitrogens with one attached hydrogen (secondary N) is 1. The maximum Gasteiger partial charge on any atom is 0.00944 e. The average Bonchev–Trinajstić information content (AvgIpc) is 1.80. The zero-order valence-electron chi connectivity index (χ0n) is 9.18. The van der Waals surface area contributed by atoms with Gasteiger partial charge in [-0.2, -0.15) is 0 Å². The molecule has 0 aromatic carbocycles. The highest BCUT2D eigenvalue weighted by Crippen LogP contribution is 2.13. The van der Waals surface area contributed by atoms with Crippen molar-refractivity contribution in [1.82, 2.24) is 0 Å². The Kier molecular flexibility index (Phi) is 6.13. The fraction of sp³-hybridized carbons (Fsp3) is 0.818. The Morgan fingerprint density at radius 3 is 2.08 bits per heavy atom. The van der Waals surface area contributed by atoms with E-state index in [1.807, 2.05) is 6.92 Å². The van der Waals surface area contributed by atoms with Gasteiger partial charge in [0, 0.05) is 5.71 Å². The quantitative estimate of drug-likeness (QED) is 0.510. The lowest BCUT2D eigenvalue weighted by Gasteiger charge is -2.12. The Hall–Kier alpha value is -0.240. The molecule has 0 saturated carbocycles. The first kappa shape index (κ1) is 12.8. The number of thiocarbonyl (C=S) groups is 1. The Morgan fingerprint density at radius 2 is 1.69 bits per heavy atom. The lowest BCUT2D eigenvalue weighted by molar-refractivity contribution is 0.609. The van der Waals surface area contributed by atoms with Crippen LogP contribution in [0.2, 0.25) is 0 Å². The Labute approximate surface area is 87.4 Å². The van der Waals surface area contributed by atoms with Crippen LogP contribution < -0.4 is 0 Å². The lowest BCUT2D eigenvalue weighted by Crippen LogP contribution is -2.09. The molecular weight excluding hydrogens is 178 g/mol. The van der Waals surface area contributed by atoms with Crippen LogP contribution in [-0.2, 0) is 0 Å². The fourth-order valence-electron chi connectivity index (χ4n) is 1.56. The molecule has 0 heterocycles. The van der Waals surface area contributed by atoms with Gasteiger partial charge < -0.3 is 5.41 Å². The van der Waals surface area contributed by atoms with Crippen molar-refractivity contribution in [2.75, 3.05) is 0 Å². The fourth-order valence-corrected chi connectivity index (χ4v) is 1.84. The van der Waals surface area contributed by atoms with E-state index < -0.39 is 0 Å². The molecule has 1 nitrogen and oxygen atoms in total. The molecule has 13 heavy (non-hydrogen) atoms. The molecule has 0 radical (unpaired) electrons. The Morgan fingerprint density at radius 1 is 1.15 bits per heavy atom. The monoisotopic (exact) mass is 199 g/mol. The predicted molar refractivity (Wildman–Crippen MR) is 63.9 cm³/mol. The molecule has 1 atom stereocenters. The number of hydrogen-bond donors (Lipinski definition) is 1. The van der Waals surface area contributed by atoms with Gasteiger partial charge in [0.05, 0.1) is 0 Å². The zero-order valence-corrected chi connectivity index (χ0v) is 10.0. The van der Waals surface area contributed by atoms with E-state index in [-0.39, 0.29) is 0 Å². The van der Waals surface area contributed by atoms with Gasteiger partial charge in [-0.15, -0.1) is 0 Å². The zero-order chi connectivity index (χ0) is 10.4. The molecular formula is C11H21NS. The normalized spacial score (nSPS) is 13.0. The third-order valence-corrected chi connectivity index (χ3v) is 2.05. The van der Waals surface area contributed by atoms with Gasteiger partial charge in [-0.3, -0.25) is 0 Å². The SMILES string of the molecule is CC(=S)CC(C)CC(=N)CC(C)C. The van der Waals surface area contributed by atoms with E-state index in [2.05, 4.69) is 20.8 Å². The van der Waals surface area contributed by atoms with Crippen LogP contribution >= 0.6 is 12.2 Å². The Bertz CT molecular complexity index is 185. The van der Waals surface area contributed by atoms with E-state index in [1.54, 1.807) is 0 Å². The second-order valence-corrected chi connectivity index (χ2v) is 5.11. The molecule has 0 aromatic heterocycles. The summed E-state index contributed by atoms with van der Waals surface area (Å²) >= 11 is 5.04. The number of hydrogen-bond acceptors (Lipinski definition) is 2. The first-order valence-electron chi connectivity index (χ1n) is 4.97. The van der Waals surface area contributed by atoms with Gasteiger partial charge in [-0.05, 0) is 42.9 Å². The van der Waals surface area contributed by atoms with Crippen LogP contribution in [0.4, 0.5) is 0 Å². The van der Waals surface area contributed by atoms with Gasteiger partial charge in [0.25, 0.3) is 0 Å². The van der Waals surface area contributed by atoms with Crippen molar-refractivity contribution in [3.05, 3.63) is 0 Å².